The molecule has 2 heterocycles. The van der Waals surface area contributed by atoms with E-state index >= 15 is 0 Å². The van der Waals surface area contributed by atoms with Gasteiger partial charge in [0.1, 0.15) is 0 Å². The van der Waals surface area contributed by atoms with Crippen molar-refractivity contribution in [2.24, 2.45) is 11.1 Å². The summed E-state index contributed by atoms with van der Waals surface area (Å²) in [5, 5.41) is 8.40. The first-order valence-corrected chi connectivity index (χ1v) is 9.00. The maximum atomic E-state index is 12.9. The lowest BCUT2D eigenvalue weighted by atomic mass is 9.80. The summed E-state index contributed by atoms with van der Waals surface area (Å²) >= 11 is 0. The van der Waals surface area contributed by atoms with E-state index in [9.17, 15) is 4.79 Å². The number of hydrogen-bond donors (Lipinski definition) is 1. The lowest BCUT2D eigenvalue weighted by Crippen LogP contribution is -2.52. The maximum Gasteiger partial charge on any atom is 0.230 e. The number of amides is 1. The Balaban J connectivity index is 1.98. The summed E-state index contributed by atoms with van der Waals surface area (Å²) in [5.74, 6) is 1.12. The van der Waals surface area contributed by atoms with Crippen LogP contribution in [0.2, 0.25) is 0 Å². The first kappa shape index (κ1) is 18.6. The number of hydrogen-bond acceptors (Lipinski definition) is 5. The molecule has 2 rings (SSSR count). The predicted octanol–water partition coefficient (Wildman–Crippen LogP) is 1.98. The summed E-state index contributed by atoms with van der Waals surface area (Å²) in [5.41, 5.74) is 6.46. The number of nitrogens with zero attached hydrogens (tertiary/aromatic N) is 4. The molecular weight excluding hydrogens is 302 g/mol. The van der Waals surface area contributed by atoms with Crippen LogP contribution >= 0.6 is 0 Å². The van der Waals surface area contributed by atoms with Crippen LogP contribution in [-0.2, 0) is 4.79 Å². The van der Waals surface area contributed by atoms with Gasteiger partial charge in [0.25, 0.3) is 0 Å². The predicted molar refractivity (Wildman–Crippen MR) is 96.8 cm³/mol. The molecule has 1 amide bonds. The smallest absolute Gasteiger partial charge is 0.230 e. The zero-order valence-electron chi connectivity index (χ0n) is 15.5. The van der Waals surface area contributed by atoms with E-state index < -0.39 is 0 Å². The molecule has 0 aliphatic carbocycles. The Morgan fingerprint density at radius 2 is 1.92 bits per heavy atom. The standard InChI is InChI=1S/C18H31N5O/c1-5-18(6-2,13-19)17(24)23-11-9-15(10-12-23)22(4)16-8-7-14(3)20-21-16/h7-8,15H,5-6,9-13,19H2,1-4H3. The van der Waals surface area contributed by atoms with Crippen LogP contribution in [0.5, 0.6) is 0 Å². The second kappa shape index (κ2) is 7.92. The molecule has 6 heteroatoms. The Hall–Kier alpha value is -1.69. The summed E-state index contributed by atoms with van der Waals surface area (Å²) in [4.78, 5) is 17.1. The Bertz CT molecular complexity index is 525. The Labute approximate surface area is 145 Å². The zero-order valence-corrected chi connectivity index (χ0v) is 15.5. The zero-order chi connectivity index (χ0) is 17.7. The first-order chi connectivity index (χ1) is 11.5. The van der Waals surface area contributed by atoms with Crippen molar-refractivity contribution >= 4 is 11.7 Å². The summed E-state index contributed by atoms with van der Waals surface area (Å²) in [7, 11) is 2.06. The van der Waals surface area contributed by atoms with E-state index in [0.717, 1.165) is 50.3 Å². The molecule has 1 aromatic rings. The monoisotopic (exact) mass is 333 g/mol. The number of aromatic nitrogens is 2. The number of carbonyl (C=O) groups is 1. The molecular formula is C18H31N5O. The number of likely N-dealkylation sites (tertiary alicyclic amines) is 1. The molecule has 24 heavy (non-hydrogen) atoms. The van der Waals surface area contributed by atoms with E-state index in [1.54, 1.807) is 0 Å². The summed E-state index contributed by atoms with van der Waals surface area (Å²) in [6.45, 7) is 8.06. The van der Waals surface area contributed by atoms with Crippen LogP contribution in [0.15, 0.2) is 12.1 Å². The SMILES string of the molecule is CCC(CC)(CN)C(=O)N1CCC(N(C)c2ccc(C)nn2)CC1. The highest BCUT2D eigenvalue weighted by atomic mass is 16.2. The molecule has 0 radical (unpaired) electrons. The minimum absolute atomic E-state index is 0.228. The third-order valence-electron chi connectivity index (χ3n) is 5.64. The average molecular weight is 333 g/mol. The van der Waals surface area contributed by atoms with Gasteiger partial charge in [-0.3, -0.25) is 4.79 Å². The van der Waals surface area contributed by atoms with Gasteiger partial charge in [-0.2, -0.15) is 5.10 Å². The topological polar surface area (TPSA) is 75.4 Å². The van der Waals surface area contributed by atoms with Crippen molar-refractivity contribution in [3.63, 3.8) is 0 Å². The molecule has 0 atom stereocenters. The molecule has 1 aliphatic rings. The Kier molecular flexibility index (Phi) is 6.15. The van der Waals surface area contributed by atoms with E-state index in [2.05, 4.69) is 36.0 Å². The molecule has 0 unspecified atom stereocenters. The van der Waals surface area contributed by atoms with Gasteiger partial charge in [0.15, 0.2) is 5.82 Å². The summed E-state index contributed by atoms with van der Waals surface area (Å²) in [6.07, 6.45) is 3.51. The molecule has 0 saturated carbocycles. The van der Waals surface area contributed by atoms with Crippen LogP contribution in [0.25, 0.3) is 0 Å². The van der Waals surface area contributed by atoms with Crippen LogP contribution in [0, 0.1) is 12.3 Å². The second-order valence-electron chi connectivity index (χ2n) is 6.86. The maximum absolute atomic E-state index is 12.9. The van der Waals surface area contributed by atoms with E-state index in [1.165, 1.54) is 0 Å². The summed E-state index contributed by atoms with van der Waals surface area (Å²) in [6, 6.07) is 4.38. The number of piperidine rings is 1. The second-order valence-corrected chi connectivity index (χ2v) is 6.86. The van der Waals surface area contributed by atoms with Gasteiger partial charge in [-0.25, -0.2) is 0 Å². The van der Waals surface area contributed by atoms with Gasteiger partial charge in [0.2, 0.25) is 5.91 Å². The van der Waals surface area contributed by atoms with Crippen LogP contribution < -0.4 is 10.6 Å². The quantitative estimate of drug-likeness (QED) is 0.861. The lowest BCUT2D eigenvalue weighted by molar-refractivity contribution is -0.143. The van der Waals surface area contributed by atoms with Crippen molar-refractivity contribution in [1.29, 1.82) is 0 Å². The fourth-order valence-corrected chi connectivity index (χ4v) is 3.49. The molecule has 2 N–H and O–H groups in total. The highest BCUT2D eigenvalue weighted by Crippen LogP contribution is 2.30. The number of rotatable bonds is 6. The first-order valence-electron chi connectivity index (χ1n) is 9.00. The molecule has 6 nitrogen and oxygen atoms in total. The van der Waals surface area contributed by atoms with Crippen LogP contribution in [0.1, 0.15) is 45.2 Å². The van der Waals surface area contributed by atoms with Gasteiger partial charge in [-0.1, -0.05) is 13.8 Å². The molecule has 1 aromatic heterocycles. The lowest BCUT2D eigenvalue weighted by Gasteiger charge is -2.41. The number of nitrogens with two attached hydrogens (primary N) is 1. The molecule has 0 bridgehead atoms. The van der Waals surface area contributed by atoms with Gasteiger partial charge in [0.05, 0.1) is 11.1 Å². The molecule has 1 aliphatic heterocycles. The van der Waals surface area contributed by atoms with E-state index in [1.807, 2.05) is 24.0 Å². The van der Waals surface area contributed by atoms with Crippen LogP contribution in [-0.4, -0.2) is 53.7 Å². The summed E-state index contributed by atoms with van der Waals surface area (Å²) < 4.78 is 0. The number of aryl methyl sites for hydroxylation is 1. The van der Waals surface area contributed by atoms with E-state index in [4.69, 9.17) is 5.73 Å². The highest BCUT2D eigenvalue weighted by molar-refractivity contribution is 5.83. The van der Waals surface area contributed by atoms with E-state index in [-0.39, 0.29) is 11.3 Å². The van der Waals surface area contributed by atoms with Crippen molar-refractivity contribution in [2.75, 3.05) is 31.6 Å². The minimum Gasteiger partial charge on any atom is -0.355 e. The highest BCUT2D eigenvalue weighted by Gasteiger charge is 2.38. The minimum atomic E-state index is -0.388. The molecule has 0 spiro atoms. The van der Waals surface area contributed by atoms with Gasteiger partial charge in [0, 0.05) is 32.7 Å². The van der Waals surface area contributed by atoms with Crippen molar-refractivity contribution < 1.29 is 4.79 Å². The van der Waals surface area contributed by atoms with Crippen molar-refractivity contribution in [2.45, 2.75) is 52.5 Å². The van der Waals surface area contributed by atoms with Crippen molar-refractivity contribution in [3.8, 4) is 0 Å². The van der Waals surface area contributed by atoms with Crippen LogP contribution in [0.3, 0.4) is 0 Å². The molecule has 0 aromatic carbocycles. The third-order valence-corrected chi connectivity index (χ3v) is 5.64. The number of carbonyl (C=O) groups excluding carboxylic acids is 1. The van der Waals surface area contributed by atoms with Crippen LogP contribution in [0.4, 0.5) is 5.82 Å². The largest absolute Gasteiger partial charge is 0.355 e. The van der Waals surface area contributed by atoms with Gasteiger partial charge >= 0.3 is 0 Å². The molecule has 1 saturated heterocycles. The van der Waals surface area contributed by atoms with Crippen molar-refractivity contribution in [3.05, 3.63) is 17.8 Å². The van der Waals surface area contributed by atoms with Crippen molar-refractivity contribution in [1.82, 2.24) is 15.1 Å². The van der Waals surface area contributed by atoms with Gasteiger partial charge < -0.3 is 15.5 Å². The average Bonchev–Trinajstić information content (AvgIpc) is 2.63. The third kappa shape index (κ3) is 3.69. The molecule has 134 valence electrons. The Morgan fingerprint density at radius 3 is 2.38 bits per heavy atom. The van der Waals surface area contributed by atoms with Gasteiger partial charge in [-0.15, -0.1) is 5.10 Å². The fraction of sp³-hybridized carbons (Fsp3) is 0.722. The number of anilines is 1. The fourth-order valence-electron chi connectivity index (χ4n) is 3.49. The van der Waals surface area contributed by atoms with Gasteiger partial charge in [-0.05, 0) is 44.7 Å². The molecule has 1 fully saturated rings. The normalized spacial score (nSPS) is 16.3. The van der Waals surface area contributed by atoms with E-state index in [0.29, 0.717) is 12.6 Å². The Morgan fingerprint density at radius 1 is 1.29 bits per heavy atom.